The van der Waals surface area contributed by atoms with E-state index < -0.39 is 0 Å². The largest absolute Gasteiger partial charge is 0.508 e. The van der Waals surface area contributed by atoms with E-state index in [-0.39, 0.29) is 46.7 Å². The number of hydrogen-bond donors (Lipinski definition) is 3. The first kappa shape index (κ1) is 27.5. The number of aromatic hydroxyl groups is 2. The van der Waals surface area contributed by atoms with Crippen molar-refractivity contribution in [1.82, 2.24) is 15.4 Å². The van der Waals surface area contributed by atoms with Crippen LogP contribution in [0.4, 0.5) is 0 Å². The van der Waals surface area contributed by atoms with Crippen LogP contribution < -0.4 is 5.32 Å². The number of ether oxygens (including phenoxy) is 1. The van der Waals surface area contributed by atoms with Crippen molar-refractivity contribution in [2.24, 2.45) is 0 Å². The van der Waals surface area contributed by atoms with Gasteiger partial charge in [-0.3, -0.25) is 9.69 Å². The normalized spacial score (nSPS) is 14.3. The van der Waals surface area contributed by atoms with Crippen LogP contribution in [0.3, 0.4) is 0 Å². The van der Waals surface area contributed by atoms with Crippen LogP contribution in [-0.4, -0.2) is 59.0 Å². The number of aromatic nitrogens is 1. The maximum atomic E-state index is 12.8. The first-order valence-electron chi connectivity index (χ1n) is 11.9. The molecule has 1 aliphatic heterocycles. The first-order chi connectivity index (χ1) is 16.7. The van der Waals surface area contributed by atoms with Gasteiger partial charge >= 0.3 is 0 Å². The number of morpholine rings is 1. The van der Waals surface area contributed by atoms with Crippen molar-refractivity contribution in [1.29, 1.82) is 0 Å². The summed E-state index contributed by atoms with van der Waals surface area (Å²) in [7, 11) is 0. The van der Waals surface area contributed by atoms with Gasteiger partial charge in [0.2, 0.25) is 0 Å². The molecule has 1 fully saturated rings. The molecule has 1 aromatic heterocycles. The fourth-order valence-electron chi connectivity index (χ4n) is 4.30. The minimum absolute atomic E-state index is 0. The Morgan fingerprint density at radius 2 is 1.75 bits per heavy atom. The lowest BCUT2D eigenvalue weighted by Gasteiger charge is -2.26. The molecule has 36 heavy (non-hydrogen) atoms. The minimum Gasteiger partial charge on any atom is -0.508 e. The quantitative estimate of drug-likeness (QED) is 0.436. The van der Waals surface area contributed by atoms with Gasteiger partial charge in [-0.05, 0) is 29.5 Å². The van der Waals surface area contributed by atoms with Gasteiger partial charge in [0, 0.05) is 37.8 Å². The second-order valence-corrected chi connectivity index (χ2v) is 9.82. The van der Waals surface area contributed by atoms with Crippen LogP contribution in [0.2, 0.25) is 0 Å². The Labute approximate surface area is 217 Å². The van der Waals surface area contributed by atoms with Crippen molar-refractivity contribution in [3.63, 3.8) is 0 Å². The van der Waals surface area contributed by atoms with Crippen molar-refractivity contribution in [2.75, 3.05) is 32.8 Å². The topological polar surface area (TPSA) is 108 Å². The second kappa shape index (κ2) is 11.3. The van der Waals surface area contributed by atoms with Crippen LogP contribution in [0, 0.1) is 0 Å². The molecule has 0 saturated carbocycles. The number of phenols is 2. The molecule has 2 aromatic carbocycles. The zero-order valence-electron chi connectivity index (χ0n) is 21.1. The molecule has 1 amide bonds. The molecule has 194 valence electrons. The van der Waals surface area contributed by atoms with E-state index >= 15 is 0 Å². The molecular weight excluding hydrogens is 482 g/mol. The number of carbonyl (C=O) groups is 1. The molecule has 9 heteroatoms. The molecule has 0 aliphatic carbocycles. The Balaban J connectivity index is 0.00000361. The van der Waals surface area contributed by atoms with E-state index in [1.807, 2.05) is 52.0 Å². The van der Waals surface area contributed by atoms with E-state index in [2.05, 4.69) is 15.4 Å². The predicted octanol–water partition coefficient (Wildman–Crippen LogP) is 4.72. The summed E-state index contributed by atoms with van der Waals surface area (Å²) >= 11 is 0. The third kappa shape index (κ3) is 5.83. The molecule has 4 rings (SSSR count). The lowest BCUT2D eigenvalue weighted by molar-refractivity contribution is 0.0342. The highest BCUT2D eigenvalue weighted by Gasteiger charge is 2.28. The monoisotopic (exact) mass is 515 g/mol. The molecule has 1 aliphatic rings. The van der Waals surface area contributed by atoms with Gasteiger partial charge < -0.3 is 24.8 Å². The minimum atomic E-state index is -0.379. The molecule has 0 unspecified atom stereocenters. The summed E-state index contributed by atoms with van der Waals surface area (Å²) < 4.78 is 11.1. The van der Waals surface area contributed by atoms with Gasteiger partial charge in [-0.25, -0.2) is 0 Å². The van der Waals surface area contributed by atoms with Crippen LogP contribution >= 0.6 is 12.4 Å². The van der Waals surface area contributed by atoms with Crippen molar-refractivity contribution >= 4 is 18.3 Å². The number of hydrogen-bond acceptors (Lipinski definition) is 7. The number of benzene rings is 2. The lowest BCUT2D eigenvalue weighted by Crippen LogP contribution is -2.35. The number of phenolic OH excluding ortho intramolecular Hbond substituents is 2. The smallest absolute Gasteiger partial charge is 0.274 e. The summed E-state index contributed by atoms with van der Waals surface area (Å²) in [6, 6.07) is 10.9. The number of rotatable bonds is 6. The average Bonchev–Trinajstić information content (AvgIpc) is 3.24. The Morgan fingerprint density at radius 3 is 2.36 bits per heavy atom. The van der Waals surface area contributed by atoms with Crippen LogP contribution in [0.15, 0.2) is 40.9 Å². The number of nitrogens with zero attached hydrogens (tertiary/aromatic N) is 2. The molecule has 0 atom stereocenters. The molecule has 3 aromatic rings. The third-order valence-corrected chi connectivity index (χ3v) is 6.16. The van der Waals surface area contributed by atoms with Crippen molar-refractivity contribution in [3.05, 3.63) is 53.2 Å². The van der Waals surface area contributed by atoms with Gasteiger partial charge in [-0.1, -0.05) is 50.2 Å². The van der Waals surface area contributed by atoms with Crippen LogP contribution in [0.25, 0.3) is 22.5 Å². The standard InChI is InChI=1S/C27H33N3O5.ClH/c1-5-28-26(33)24-23(18-8-6-17(7-9-18)16-30-10-12-34-13-11-30)25(35-29-24)19-14-20(27(2,3)4)22(32)15-21(19)31;/h6-9,14-15,31-32H,5,10-13,16H2,1-4H3,(H,28,33);1H. The maximum Gasteiger partial charge on any atom is 0.274 e. The third-order valence-electron chi connectivity index (χ3n) is 6.16. The summed E-state index contributed by atoms with van der Waals surface area (Å²) in [4.78, 5) is 15.2. The van der Waals surface area contributed by atoms with Gasteiger partial charge in [0.25, 0.3) is 5.91 Å². The van der Waals surface area contributed by atoms with E-state index in [0.717, 1.165) is 44.0 Å². The summed E-state index contributed by atoms with van der Waals surface area (Å²) in [5.74, 6) is -0.241. The van der Waals surface area contributed by atoms with E-state index in [1.165, 1.54) is 6.07 Å². The van der Waals surface area contributed by atoms with Gasteiger partial charge in [0.15, 0.2) is 11.5 Å². The predicted molar refractivity (Wildman–Crippen MR) is 141 cm³/mol. The lowest BCUT2D eigenvalue weighted by atomic mass is 9.84. The van der Waals surface area contributed by atoms with Crippen molar-refractivity contribution in [3.8, 4) is 33.9 Å². The number of halogens is 1. The maximum absolute atomic E-state index is 12.8. The fourth-order valence-corrected chi connectivity index (χ4v) is 4.30. The Morgan fingerprint density at radius 1 is 1.08 bits per heavy atom. The van der Waals surface area contributed by atoms with Gasteiger partial charge in [0.05, 0.1) is 24.3 Å². The van der Waals surface area contributed by atoms with Crippen LogP contribution in [0.5, 0.6) is 11.5 Å². The van der Waals surface area contributed by atoms with Crippen LogP contribution in [0.1, 0.15) is 49.3 Å². The summed E-state index contributed by atoms with van der Waals surface area (Å²) in [6.45, 7) is 12.3. The Kier molecular flexibility index (Phi) is 8.66. The molecule has 8 nitrogen and oxygen atoms in total. The molecule has 1 saturated heterocycles. The Bertz CT molecular complexity index is 1200. The molecule has 3 N–H and O–H groups in total. The van der Waals surface area contributed by atoms with E-state index in [4.69, 9.17) is 9.26 Å². The molecule has 0 radical (unpaired) electrons. The highest BCUT2D eigenvalue weighted by atomic mass is 35.5. The molecular formula is C27H34ClN3O5. The average molecular weight is 516 g/mol. The highest BCUT2D eigenvalue weighted by molar-refractivity contribution is 6.02. The van der Waals surface area contributed by atoms with E-state index in [9.17, 15) is 15.0 Å². The molecule has 2 heterocycles. The second-order valence-electron chi connectivity index (χ2n) is 9.82. The first-order valence-corrected chi connectivity index (χ1v) is 11.9. The number of carbonyl (C=O) groups excluding carboxylic acids is 1. The van der Waals surface area contributed by atoms with Crippen molar-refractivity contribution < 1.29 is 24.3 Å². The Hall–Kier alpha value is -3.07. The van der Waals surface area contributed by atoms with Crippen LogP contribution in [-0.2, 0) is 16.7 Å². The molecule has 0 spiro atoms. The van der Waals surface area contributed by atoms with E-state index in [0.29, 0.717) is 23.2 Å². The summed E-state index contributed by atoms with van der Waals surface area (Å²) in [5.41, 5.74) is 3.17. The number of amides is 1. The van der Waals surface area contributed by atoms with Crippen molar-refractivity contribution in [2.45, 2.75) is 39.7 Å². The highest BCUT2D eigenvalue weighted by Crippen LogP contribution is 2.44. The summed E-state index contributed by atoms with van der Waals surface area (Å²) in [6.07, 6.45) is 0. The van der Waals surface area contributed by atoms with Gasteiger partial charge in [0.1, 0.15) is 11.5 Å². The SMILES string of the molecule is CCNC(=O)c1noc(-c2cc(C(C)(C)C)c(O)cc2O)c1-c1ccc(CN2CCOCC2)cc1.Cl. The molecule has 0 bridgehead atoms. The number of nitrogens with one attached hydrogen (secondary N) is 1. The van der Waals surface area contributed by atoms with E-state index in [1.54, 1.807) is 6.07 Å². The zero-order valence-corrected chi connectivity index (χ0v) is 21.9. The van der Waals surface area contributed by atoms with Gasteiger partial charge in [-0.15, -0.1) is 12.4 Å². The van der Waals surface area contributed by atoms with Gasteiger partial charge in [-0.2, -0.15) is 0 Å². The zero-order chi connectivity index (χ0) is 25.2. The summed E-state index contributed by atoms with van der Waals surface area (Å²) in [5, 5.41) is 28.0. The fraction of sp³-hybridized carbons (Fsp3) is 0.407.